The quantitative estimate of drug-likeness (QED) is 0.477. The van der Waals surface area contributed by atoms with Crippen LogP contribution < -0.4 is 19.7 Å². The summed E-state index contributed by atoms with van der Waals surface area (Å²) in [5.41, 5.74) is 1.32. The molecular formula is C25H26FN3O4S. The molecule has 0 bridgehead atoms. The van der Waals surface area contributed by atoms with Crippen LogP contribution in [0.5, 0.6) is 5.75 Å². The molecule has 3 aromatic carbocycles. The van der Waals surface area contributed by atoms with Gasteiger partial charge >= 0.3 is 0 Å². The van der Waals surface area contributed by atoms with Gasteiger partial charge in [0.1, 0.15) is 11.6 Å². The molecule has 178 valence electrons. The Morgan fingerprint density at radius 2 is 1.74 bits per heavy atom. The lowest BCUT2D eigenvalue weighted by molar-refractivity contribution is 0.102. The molecule has 1 amide bonds. The highest BCUT2D eigenvalue weighted by Gasteiger charge is 2.18. The summed E-state index contributed by atoms with van der Waals surface area (Å²) in [5, 5.41) is 2.67. The Kier molecular flexibility index (Phi) is 7.02. The maximum absolute atomic E-state index is 14.6. The number of halogens is 1. The number of amides is 1. The van der Waals surface area contributed by atoms with Gasteiger partial charge in [-0.2, -0.15) is 0 Å². The summed E-state index contributed by atoms with van der Waals surface area (Å²) in [4.78, 5) is 14.8. The lowest BCUT2D eigenvalue weighted by Crippen LogP contribution is -2.19. The van der Waals surface area contributed by atoms with E-state index >= 15 is 0 Å². The average Bonchev–Trinajstić information content (AvgIpc) is 3.34. The number of carbonyl (C=O) groups is 1. The van der Waals surface area contributed by atoms with E-state index in [0.717, 1.165) is 25.9 Å². The molecule has 1 saturated heterocycles. The molecular weight excluding hydrogens is 457 g/mol. The predicted molar refractivity (Wildman–Crippen MR) is 131 cm³/mol. The number of sulfonamides is 1. The molecule has 9 heteroatoms. The Labute approximate surface area is 198 Å². The number of rotatable bonds is 8. The molecule has 0 aromatic heterocycles. The van der Waals surface area contributed by atoms with Crippen molar-refractivity contribution < 1.29 is 22.3 Å². The Morgan fingerprint density at radius 1 is 1.00 bits per heavy atom. The van der Waals surface area contributed by atoms with Crippen molar-refractivity contribution in [3.05, 3.63) is 78.1 Å². The van der Waals surface area contributed by atoms with Crippen molar-refractivity contribution in [2.45, 2.75) is 24.7 Å². The summed E-state index contributed by atoms with van der Waals surface area (Å²) in [5.74, 6) is -0.294. The zero-order chi connectivity index (χ0) is 24.1. The van der Waals surface area contributed by atoms with Gasteiger partial charge < -0.3 is 15.0 Å². The fourth-order valence-corrected chi connectivity index (χ4v) is 4.87. The zero-order valence-corrected chi connectivity index (χ0v) is 19.6. The predicted octanol–water partition coefficient (Wildman–Crippen LogP) is 4.88. The van der Waals surface area contributed by atoms with Gasteiger partial charge in [-0.05, 0) is 80.4 Å². The topological polar surface area (TPSA) is 87.7 Å². The average molecular weight is 484 g/mol. The van der Waals surface area contributed by atoms with E-state index in [1.807, 2.05) is 11.8 Å². The van der Waals surface area contributed by atoms with Crippen LogP contribution in [0.1, 0.15) is 30.1 Å². The molecule has 1 heterocycles. The van der Waals surface area contributed by atoms with Gasteiger partial charge in [-0.15, -0.1) is 0 Å². The zero-order valence-electron chi connectivity index (χ0n) is 18.8. The molecule has 34 heavy (non-hydrogen) atoms. The maximum Gasteiger partial charge on any atom is 0.261 e. The molecule has 3 aromatic rings. The summed E-state index contributed by atoms with van der Waals surface area (Å²) in [6.45, 7) is 3.97. The van der Waals surface area contributed by atoms with Crippen LogP contribution in [0.25, 0.3) is 0 Å². The standard InChI is InChI=1S/C25H26FN3O4S/c1-2-33-21-9-11-22(12-10-21)34(31,32)28-20-7-5-6-18(16-20)25(30)27-19-8-13-24(23(26)17-19)29-14-3-4-15-29/h5-13,16-17,28H,2-4,14-15H2,1H3,(H,27,30). The third-order valence-electron chi connectivity index (χ3n) is 5.47. The first-order valence-corrected chi connectivity index (χ1v) is 12.6. The Hall–Kier alpha value is -3.59. The largest absolute Gasteiger partial charge is 0.494 e. The number of benzene rings is 3. The molecule has 0 unspecified atom stereocenters. The highest BCUT2D eigenvalue weighted by atomic mass is 32.2. The SMILES string of the molecule is CCOc1ccc(S(=O)(=O)Nc2cccc(C(=O)Nc3ccc(N4CCCC4)c(F)c3)c2)cc1. The van der Waals surface area contributed by atoms with Gasteiger partial charge in [0.05, 0.1) is 17.2 Å². The first-order valence-electron chi connectivity index (χ1n) is 11.1. The molecule has 4 rings (SSSR count). The van der Waals surface area contributed by atoms with E-state index in [0.29, 0.717) is 23.7 Å². The second-order valence-electron chi connectivity index (χ2n) is 7.91. The van der Waals surface area contributed by atoms with E-state index in [-0.39, 0.29) is 16.1 Å². The highest BCUT2D eigenvalue weighted by Crippen LogP contribution is 2.26. The van der Waals surface area contributed by atoms with Crippen LogP contribution in [0.3, 0.4) is 0 Å². The number of hydrogen-bond donors (Lipinski definition) is 2. The van der Waals surface area contributed by atoms with Crippen LogP contribution in [-0.4, -0.2) is 34.0 Å². The van der Waals surface area contributed by atoms with Crippen LogP contribution >= 0.6 is 0 Å². The molecule has 1 aliphatic heterocycles. The molecule has 1 aliphatic rings. The van der Waals surface area contributed by atoms with E-state index in [1.165, 1.54) is 24.3 Å². The minimum atomic E-state index is -3.86. The number of nitrogens with one attached hydrogen (secondary N) is 2. The van der Waals surface area contributed by atoms with Gasteiger partial charge in [0, 0.05) is 30.0 Å². The van der Waals surface area contributed by atoms with Crippen LogP contribution in [0, 0.1) is 5.82 Å². The minimum Gasteiger partial charge on any atom is -0.494 e. The monoisotopic (exact) mass is 483 g/mol. The van der Waals surface area contributed by atoms with Crippen molar-refractivity contribution >= 4 is 33.0 Å². The van der Waals surface area contributed by atoms with Gasteiger partial charge in [0.2, 0.25) is 0 Å². The number of anilines is 3. The molecule has 7 nitrogen and oxygen atoms in total. The van der Waals surface area contributed by atoms with Crippen LogP contribution in [0.15, 0.2) is 71.6 Å². The lowest BCUT2D eigenvalue weighted by atomic mass is 10.2. The van der Waals surface area contributed by atoms with E-state index in [4.69, 9.17) is 4.74 Å². The number of carbonyl (C=O) groups excluding carboxylic acids is 1. The number of nitrogens with zero attached hydrogens (tertiary/aromatic N) is 1. The number of ether oxygens (including phenoxy) is 1. The van der Waals surface area contributed by atoms with Crippen LogP contribution in [-0.2, 0) is 10.0 Å². The summed E-state index contributed by atoms with van der Waals surface area (Å²) in [6, 6.07) is 16.8. The first kappa shape index (κ1) is 23.6. The van der Waals surface area contributed by atoms with Gasteiger partial charge in [-0.3, -0.25) is 9.52 Å². The third kappa shape index (κ3) is 5.48. The minimum absolute atomic E-state index is 0.0689. The van der Waals surface area contributed by atoms with Crippen LogP contribution in [0.2, 0.25) is 0 Å². The van der Waals surface area contributed by atoms with Crippen LogP contribution in [0.4, 0.5) is 21.5 Å². The highest BCUT2D eigenvalue weighted by molar-refractivity contribution is 7.92. The molecule has 1 fully saturated rings. The van der Waals surface area contributed by atoms with Crippen molar-refractivity contribution in [3.63, 3.8) is 0 Å². The third-order valence-corrected chi connectivity index (χ3v) is 6.87. The normalized spacial score (nSPS) is 13.5. The molecule has 0 atom stereocenters. The Bertz CT molecular complexity index is 1270. The summed E-state index contributed by atoms with van der Waals surface area (Å²) in [6.07, 6.45) is 2.08. The smallest absolute Gasteiger partial charge is 0.261 e. The fourth-order valence-electron chi connectivity index (χ4n) is 3.82. The van der Waals surface area contributed by atoms with E-state index < -0.39 is 21.7 Å². The molecule has 0 saturated carbocycles. The van der Waals surface area contributed by atoms with Crippen molar-refractivity contribution in [3.8, 4) is 5.75 Å². The van der Waals surface area contributed by atoms with Crippen molar-refractivity contribution in [1.29, 1.82) is 0 Å². The van der Waals surface area contributed by atoms with Gasteiger partial charge in [0.15, 0.2) is 0 Å². The molecule has 0 spiro atoms. The molecule has 2 N–H and O–H groups in total. The number of hydrogen-bond acceptors (Lipinski definition) is 5. The Morgan fingerprint density at radius 3 is 2.41 bits per heavy atom. The van der Waals surface area contributed by atoms with Crippen molar-refractivity contribution in [2.75, 3.05) is 34.6 Å². The van der Waals surface area contributed by atoms with E-state index in [9.17, 15) is 17.6 Å². The molecule has 0 aliphatic carbocycles. The summed E-state index contributed by atoms with van der Waals surface area (Å²) >= 11 is 0. The first-order chi connectivity index (χ1) is 16.4. The van der Waals surface area contributed by atoms with Gasteiger partial charge in [0.25, 0.3) is 15.9 Å². The van der Waals surface area contributed by atoms with Gasteiger partial charge in [-0.1, -0.05) is 6.07 Å². The molecule has 0 radical (unpaired) electrons. The second kappa shape index (κ2) is 10.1. The summed E-state index contributed by atoms with van der Waals surface area (Å²) < 4.78 is 47.8. The van der Waals surface area contributed by atoms with Crippen molar-refractivity contribution in [1.82, 2.24) is 0 Å². The second-order valence-corrected chi connectivity index (χ2v) is 9.59. The van der Waals surface area contributed by atoms with E-state index in [1.54, 1.807) is 42.5 Å². The van der Waals surface area contributed by atoms with Gasteiger partial charge in [-0.25, -0.2) is 12.8 Å². The fraction of sp³-hybridized carbons (Fsp3) is 0.240. The Balaban J connectivity index is 1.45. The summed E-state index contributed by atoms with van der Waals surface area (Å²) in [7, 11) is -3.86. The maximum atomic E-state index is 14.6. The van der Waals surface area contributed by atoms with E-state index in [2.05, 4.69) is 10.0 Å². The van der Waals surface area contributed by atoms with Crippen molar-refractivity contribution in [2.24, 2.45) is 0 Å². The lowest BCUT2D eigenvalue weighted by Gasteiger charge is -2.19.